The number of nitrogens with one attached hydrogen (secondary N) is 1. The Morgan fingerprint density at radius 2 is 1.87 bits per heavy atom. The van der Waals surface area contributed by atoms with E-state index in [0.717, 1.165) is 38.8 Å². The van der Waals surface area contributed by atoms with E-state index in [1.807, 2.05) is 30.3 Å². The molecule has 1 aliphatic heterocycles. The molecule has 0 spiro atoms. The molecule has 1 aromatic carbocycles. The zero-order valence-electron chi connectivity index (χ0n) is 13.8. The minimum Gasteiger partial charge on any atom is -0.389 e. The van der Waals surface area contributed by atoms with Crippen molar-refractivity contribution in [1.82, 2.24) is 10.2 Å². The molecule has 0 aromatic heterocycles. The summed E-state index contributed by atoms with van der Waals surface area (Å²) in [5.41, 5.74) is 1.18. The van der Waals surface area contributed by atoms with Crippen LogP contribution in [0.15, 0.2) is 30.3 Å². The number of aryl methyl sites for hydroxylation is 1. The molecular weight excluding hydrogens is 288 g/mol. The summed E-state index contributed by atoms with van der Waals surface area (Å²) in [5.74, 6) is 0.0555. The molecule has 1 aliphatic carbocycles. The van der Waals surface area contributed by atoms with Crippen molar-refractivity contribution in [2.75, 3.05) is 13.1 Å². The van der Waals surface area contributed by atoms with Crippen LogP contribution in [0, 0.1) is 0 Å². The molecule has 3 rings (SSSR count). The topological polar surface area (TPSA) is 52.6 Å². The summed E-state index contributed by atoms with van der Waals surface area (Å²) < 4.78 is 0. The molecule has 2 N–H and O–H groups in total. The lowest BCUT2D eigenvalue weighted by Gasteiger charge is -2.40. The average Bonchev–Trinajstić information content (AvgIpc) is 3.10. The number of nitrogens with zero attached hydrogens (tertiary/aromatic N) is 1. The van der Waals surface area contributed by atoms with E-state index in [2.05, 4.69) is 10.2 Å². The van der Waals surface area contributed by atoms with Crippen LogP contribution in [-0.2, 0) is 11.2 Å². The predicted octanol–water partition coefficient (Wildman–Crippen LogP) is 2.11. The van der Waals surface area contributed by atoms with Crippen molar-refractivity contribution in [3.8, 4) is 0 Å². The Morgan fingerprint density at radius 1 is 1.13 bits per heavy atom. The van der Waals surface area contributed by atoms with Gasteiger partial charge in [0.05, 0.1) is 12.1 Å². The molecule has 1 saturated heterocycles. The number of likely N-dealkylation sites (tertiary alicyclic amines) is 1. The molecule has 4 nitrogen and oxygen atoms in total. The minimum absolute atomic E-state index is 0.0555. The predicted molar refractivity (Wildman–Crippen MR) is 91.1 cm³/mol. The van der Waals surface area contributed by atoms with Gasteiger partial charge in [-0.1, -0.05) is 30.3 Å². The van der Waals surface area contributed by atoms with Gasteiger partial charge in [-0.25, -0.2) is 0 Å². The maximum Gasteiger partial charge on any atom is 0.220 e. The van der Waals surface area contributed by atoms with Gasteiger partial charge in [0, 0.05) is 12.5 Å². The van der Waals surface area contributed by atoms with E-state index < -0.39 is 6.10 Å². The maximum atomic E-state index is 12.2. The molecule has 126 valence electrons. The number of aliphatic hydroxyl groups is 1. The second kappa shape index (κ2) is 7.93. The van der Waals surface area contributed by atoms with Crippen molar-refractivity contribution in [3.05, 3.63) is 35.9 Å². The summed E-state index contributed by atoms with van der Waals surface area (Å²) in [7, 11) is 0. The standard InChI is InChI=1S/C19H28N2O2/c22-18(12-11-15-7-2-1-3-8-15)20-16-9-6-10-17(19(16)23)21-13-4-5-14-21/h1-3,7-8,16-17,19,23H,4-6,9-14H2,(H,20,22)/t16-,17-,19-/m1/s1. The van der Waals surface area contributed by atoms with Crippen LogP contribution in [0.2, 0.25) is 0 Å². The third-order valence-electron chi connectivity index (χ3n) is 5.26. The fourth-order valence-corrected chi connectivity index (χ4v) is 3.97. The lowest BCUT2D eigenvalue weighted by Crippen LogP contribution is -2.56. The Morgan fingerprint density at radius 3 is 2.61 bits per heavy atom. The van der Waals surface area contributed by atoms with Gasteiger partial charge >= 0.3 is 0 Å². The van der Waals surface area contributed by atoms with E-state index in [4.69, 9.17) is 0 Å². The quantitative estimate of drug-likeness (QED) is 0.875. The third-order valence-corrected chi connectivity index (χ3v) is 5.26. The van der Waals surface area contributed by atoms with Crippen molar-refractivity contribution >= 4 is 5.91 Å². The van der Waals surface area contributed by atoms with E-state index in [-0.39, 0.29) is 18.0 Å². The van der Waals surface area contributed by atoms with Crippen LogP contribution in [0.1, 0.15) is 44.1 Å². The average molecular weight is 316 g/mol. The lowest BCUT2D eigenvalue weighted by molar-refractivity contribution is -0.123. The Hall–Kier alpha value is -1.39. The van der Waals surface area contributed by atoms with E-state index in [0.29, 0.717) is 6.42 Å². The summed E-state index contributed by atoms with van der Waals surface area (Å²) in [6, 6.07) is 10.2. The number of benzene rings is 1. The van der Waals surface area contributed by atoms with Crippen molar-refractivity contribution in [2.45, 2.75) is 63.1 Å². The molecule has 1 aromatic rings. The van der Waals surface area contributed by atoms with E-state index in [1.165, 1.54) is 18.4 Å². The summed E-state index contributed by atoms with van der Waals surface area (Å²) in [5, 5.41) is 13.7. The number of rotatable bonds is 5. The van der Waals surface area contributed by atoms with Crippen LogP contribution >= 0.6 is 0 Å². The highest BCUT2D eigenvalue weighted by molar-refractivity contribution is 5.76. The van der Waals surface area contributed by atoms with Crippen LogP contribution in [0.5, 0.6) is 0 Å². The first-order valence-electron chi connectivity index (χ1n) is 8.99. The first kappa shape index (κ1) is 16.5. The Kier molecular flexibility index (Phi) is 5.68. The number of amides is 1. The van der Waals surface area contributed by atoms with Gasteiger partial charge < -0.3 is 10.4 Å². The van der Waals surface area contributed by atoms with Gasteiger partial charge in [0.15, 0.2) is 0 Å². The van der Waals surface area contributed by atoms with Crippen LogP contribution in [-0.4, -0.2) is 47.2 Å². The summed E-state index contributed by atoms with van der Waals surface area (Å²) in [6.07, 6.45) is 6.31. The molecule has 2 fully saturated rings. The summed E-state index contributed by atoms with van der Waals surface area (Å²) >= 11 is 0. The number of carbonyl (C=O) groups is 1. The molecule has 1 amide bonds. The fraction of sp³-hybridized carbons (Fsp3) is 0.632. The van der Waals surface area contributed by atoms with Gasteiger partial charge in [0.25, 0.3) is 0 Å². The van der Waals surface area contributed by atoms with Crippen LogP contribution in [0.3, 0.4) is 0 Å². The van der Waals surface area contributed by atoms with Gasteiger partial charge in [-0.05, 0) is 57.2 Å². The molecule has 3 atom stereocenters. The van der Waals surface area contributed by atoms with Crippen molar-refractivity contribution < 1.29 is 9.90 Å². The highest BCUT2D eigenvalue weighted by Crippen LogP contribution is 2.26. The summed E-state index contributed by atoms with van der Waals surface area (Å²) in [6.45, 7) is 2.19. The molecule has 4 heteroatoms. The van der Waals surface area contributed by atoms with Gasteiger partial charge in [0.1, 0.15) is 0 Å². The van der Waals surface area contributed by atoms with Crippen molar-refractivity contribution in [2.24, 2.45) is 0 Å². The maximum absolute atomic E-state index is 12.2. The number of hydrogen-bond acceptors (Lipinski definition) is 3. The zero-order valence-corrected chi connectivity index (χ0v) is 13.8. The largest absolute Gasteiger partial charge is 0.389 e. The summed E-state index contributed by atoms with van der Waals surface area (Å²) in [4.78, 5) is 14.6. The third kappa shape index (κ3) is 4.33. The van der Waals surface area contributed by atoms with Crippen LogP contribution in [0.25, 0.3) is 0 Å². The van der Waals surface area contributed by atoms with Crippen molar-refractivity contribution in [1.29, 1.82) is 0 Å². The smallest absolute Gasteiger partial charge is 0.220 e. The van der Waals surface area contributed by atoms with E-state index >= 15 is 0 Å². The molecule has 2 aliphatic rings. The SMILES string of the molecule is O=C(CCc1ccccc1)N[C@@H]1CCC[C@@H](N2CCCC2)[C@@H]1O. The number of hydrogen-bond donors (Lipinski definition) is 2. The first-order chi connectivity index (χ1) is 11.2. The Balaban J connectivity index is 1.49. The molecule has 0 bridgehead atoms. The first-order valence-corrected chi connectivity index (χ1v) is 8.99. The number of aliphatic hydroxyl groups excluding tert-OH is 1. The molecular formula is C19H28N2O2. The Bertz CT molecular complexity index is 499. The monoisotopic (exact) mass is 316 g/mol. The highest BCUT2D eigenvalue weighted by atomic mass is 16.3. The zero-order chi connectivity index (χ0) is 16.1. The highest BCUT2D eigenvalue weighted by Gasteiger charge is 2.36. The van der Waals surface area contributed by atoms with Crippen LogP contribution < -0.4 is 5.32 Å². The van der Waals surface area contributed by atoms with Crippen molar-refractivity contribution in [3.63, 3.8) is 0 Å². The van der Waals surface area contributed by atoms with E-state index in [9.17, 15) is 9.90 Å². The Labute approximate surface area is 138 Å². The van der Waals surface area contributed by atoms with Gasteiger partial charge in [-0.3, -0.25) is 9.69 Å². The molecule has 0 unspecified atom stereocenters. The normalized spacial score (nSPS) is 28.7. The molecule has 23 heavy (non-hydrogen) atoms. The van der Waals surface area contributed by atoms with Gasteiger partial charge in [-0.15, -0.1) is 0 Å². The van der Waals surface area contributed by atoms with E-state index in [1.54, 1.807) is 0 Å². The van der Waals surface area contributed by atoms with Gasteiger partial charge in [0.2, 0.25) is 5.91 Å². The lowest BCUT2D eigenvalue weighted by atomic mass is 9.87. The molecule has 0 radical (unpaired) electrons. The second-order valence-electron chi connectivity index (χ2n) is 6.89. The fourth-order valence-electron chi connectivity index (χ4n) is 3.97. The van der Waals surface area contributed by atoms with Crippen LogP contribution in [0.4, 0.5) is 0 Å². The number of carbonyl (C=O) groups excluding carboxylic acids is 1. The second-order valence-corrected chi connectivity index (χ2v) is 6.89. The molecule has 1 saturated carbocycles. The van der Waals surface area contributed by atoms with Gasteiger partial charge in [-0.2, -0.15) is 0 Å². The molecule has 1 heterocycles. The minimum atomic E-state index is -0.428.